The van der Waals surface area contributed by atoms with Gasteiger partial charge in [-0.2, -0.15) is 9.65 Å². The van der Waals surface area contributed by atoms with Crippen molar-refractivity contribution in [2.75, 3.05) is 5.32 Å². The number of hydrogen-bond acceptors (Lipinski definition) is 4. The van der Waals surface area contributed by atoms with Gasteiger partial charge in [-0.3, -0.25) is 10.1 Å². The van der Waals surface area contributed by atoms with Crippen LogP contribution in [0.5, 0.6) is 0 Å². The zero-order valence-electron chi connectivity index (χ0n) is 11.3. The molecule has 0 fully saturated rings. The molecule has 106 valence electrons. The molecular formula is C15H12FN3O2. The normalized spacial score (nSPS) is 9.95. The number of halogens is 1. The van der Waals surface area contributed by atoms with Gasteiger partial charge in [0, 0.05) is 18.3 Å². The molecule has 0 aliphatic heterocycles. The Hall–Kier alpha value is -2.94. The molecule has 5 nitrogen and oxygen atoms in total. The number of nitro benzene ring substituents is 1. The number of nitriles is 1. The molecule has 0 radical (unpaired) electrons. The van der Waals surface area contributed by atoms with Gasteiger partial charge in [0.1, 0.15) is 0 Å². The summed E-state index contributed by atoms with van der Waals surface area (Å²) in [4.78, 5) is 9.79. The number of anilines is 1. The molecule has 2 rings (SSSR count). The van der Waals surface area contributed by atoms with Gasteiger partial charge in [0.05, 0.1) is 16.6 Å². The lowest BCUT2D eigenvalue weighted by Gasteiger charge is -2.10. The number of hydrogen-bond donors (Lipinski definition) is 1. The van der Waals surface area contributed by atoms with Gasteiger partial charge in [-0.25, -0.2) is 0 Å². The summed E-state index contributed by atoms with van der Waals surface area (Å²) in [6, 6.07) is 11.1. The molecule has 2 aromatic carbocycles. The molecule has 0 aliphatic rings. The minimum Gasteiger partial charge on any atom is -0.381 e. The van der Waals surface area contributed by atoms with Crippen molar-refractivity contribution in [3.05, 3.63) is 69.0 Å². The Bertz CT molecular complexity index is 738. The summed E-state index contributed by atoms with van der Waals surface area (Å²) in [6.45, 7) is 2.20. The molecule has 21 heavy (non-hydrogen) atoms. The number of nitrogens with one attached hydrogen (secondary N) is 1. The molecule has 2 aromatic rings. The molecule has 0 bridgehead atoms. The molecule has 0 spiro atoms. The van der Waals surface area contributed by atoms with Gasteiger partial charge >= 0.3 is 5.69 Å². The first-order chi connectivity index (χ1) is 10.0. The summed E-state index contributed by atoms with van der Waals surface area (Å²) < 4.78 is 13.5. The zero-order valence-corrected chi connectivity index (χ0v) is 11.3. The monoisotopic (exact) mass is 285 g/mol. The first kappa shape index (κ1) is 14.5. The molecule has 6 heteroatoms. The minimum absolute atomic E-state index is 0.310. The summed E-state index contributed by atoms with van der Waals surface area (Å²) in [5, 5.41) is 22.5. The van der Waals surface area contributed by atoms with Crippen LogP contribution < -0.4 is 5.32 Å². The summed E-state index contributed by atoms with van der Waals surface area (Å²) in [5.41, 5.74) is 2.29. The number of rotatable bonds is 4. The van der Waals surface area contributed by atoms with E-state index in [0.717, 1.165) is 23.4 Å². The molecule has 0 amide bonds. The van der Waals surface area contributed by atoms with Crippen LogP contribution in [0, 0.1) is 34.2 Å². The van der Waals surface area contributed by atoms with E-state index < -0.39 is 16.4 Å². The fourth-order valence-electron chi connectivity index (χ4n) is 1.89. The van der Waals surface area contributed by atoms with Gasteiger partial charge in [0.2, 0.25) is 5.82 Å². The lowest BCUT2D eigenvalue weighted by Crippen LogP contribution is -2.02. The van der Waals surface area contributed by atoms with E-state index in [2.05, 4.69) is 5.32 Å². The first-order valence-corrected chi connectivity index (χ1v) is 6.18. The highest BCUT2D eigenvalue weighted by Crippen LogP contribution is 2.20. The average Bonchev–Trinajstić information content (AvgIpc) is 2.46. The van der Waals surface area contributed by atoms with Crippen molar-refractivity contribution in [3.63, 3.8) is 0 Å². The van der Waals surface area contributed by atoms with Crippen LogP contribution in [0.25, 0.3) is 0 Å². The van der Waals surface area contributed by atoms with E-state index in [-0.39, 0.29) is 0 Å². The Labute approximate surface area is 120 Å². The number of nitro groups is 1. The maximum atomic E-state index is 13.5. The van der Waals surface area contributed by atoms with Gasteiger partial charge in [-0.05, 0) is 36.2 Å². The Morgan fingerprint density at radius 2 is 2.10 bits per heavy atom. The number of benzene rings is 2. The van der Waals surface area contributed by atoms with E-state index in [9.17, 15) is 14.5 Å². The summed E-state index contributed by atoms with van der Waals surface area (Å²) in [5.74, 6) is -0.859. The van der Waals surface area contributed by atoms with Crippen LogP contribution in [0.4, 0.5) is 15.8 Å². The Morgan fingerprint density at radius 3 is 2.71 bits per heavy atom. The van der Waals surface area contributed by atoms with Crippen molar-refractivity contribution >= 4 is 11.4 Å². The van der Waals surface area contributed by atoms with E-state index >= 15 is 0 Å². The zero-order chi connectivity index (χ0) is 15.4. The van der Waals surface area contributed by atoms with Crippen molar-refractivity contribution < 1.29 is 9.31 Å². The standard InChI is InChI=1S/C15H12FN3O2/c1-10-2-3-11(8-17)7-14(10)18-9-12-4-5-15(19(20)21)13(16)6-12/h2-7,18H,9H2,1H3. The smallest absolute Gasteiger partial charge is 0.304 e. The molecule has 0 saturated carbocycles. The van der Waals surface area contributed by atoms with Crippen molar-refractivity contribution in [1.29, 1.82) is 5.26 Å². The Morgan fingerprint density at radius 1 is 1.33 bits per heavy atom. The number of nitrogens with zero attached hydrogens (tertiary/aromatic N) is 2. The van der Waals surface area contributed by atoms with Crippen molar-refractivity contribution in [1.82, 2.24) is 0 Å². The summed E-state index contributed by atoms with van der Waals surface area (Å²) in [7, 11) is 0. The second-order valence-electron chi connectivity index (χ2n) is 4.54. The second kappa shape index (κ2) is 6.01. The van der Waals surface area contributed by atoms with E-state index in [1.54, 1.807) is 12.1 Å². The van der Waals surface area contributed by atoms with Gasteiger partial charge in [-0.15, -0.1) is 0 Å². The van der Waals surface area contributed by atoms with Crippen LogP contribution >= 0.6 is 0 Å². The third-order valence-electron chi connectivity index (χ3n) is 3.06. The van der Waals surface area contributed by atoms with Gasteiger partial charge < -0.3 is 5.32 Å². The van der Waals surface area contributed by atoms with E-state index in [1.807, 2.05) is 19.1 Å². The van der Waals surface area contributed by atoms with Crippen LogP contribution in [-0.4, -0.2) is 4.92 Å². The SMILES string of the molecule is Cc1ccc(C#N)cc1NCc1ccc([N+](=O)[O-])c(F)c1. The molecule has 0 saturated heterocycles. The minimum atomic E-state index is -0.859. The third-order valence-corrected chi connectivity index (χ3v) is 3.06. The van der Waals surface area contributed by atoms with E-state index in [4.69, 9.17) is 5.26 Å². The third kappa shape index (κ3) is 3.34. The van der Waals surface area contributed by atoms with Crippen molar-refractivity contribution in [2.45, 2.75) is 13.5 Å². The van der Waals surface area contributed by atoms with Gasteiger partial charge in [0.25, 0.3) is 0 Å². The largest absolute Gasteiger partial charge is 0.381 e. The predicted molar refractivity (Wildman–Crippen MR) is 76.3 cm³/mol. The molecule has 0 unspecified atom stereocenters. The molecule has 0 atom stereocenters. The molecule has 1 N–H and O–H groups in total. The van der Waals surface area contributed by atoms with E-state index in [0.29, 0.717) is 17.7 Å². The van der Waals surface area contributed by atoms with Gasteiger partial charge in [0.15, 0.2) is 0 Å². The van der Waals surface area contributed by atoms with Crippen LogP contribution in [0.2, 0.25) is 0 Å². The first-order valence-electron chi connectivity index (χ1n) is 6.18. The van der Waals surface area contributed by atoms with Crippen molar-refractivity contribution in [2.24, 2.45) is 0 Å². The molecule has 0 aromatic heterocycles. The molecule has 0 heterocycles. The highest BCUT2D eigenvalue weighted by atomic mass is 19.1. The fraction of sp³-hybridized carbons (Fsp3) is 0.133. The summed E-state index contributed by atoms with van der Waals surface area (Å²) in [6.07, 6.45) is 0. The van der Waals surface area contributed by atoms with Crippen LogP contribution in [-0.2, 0) is 6.54 Å². The summed E-state index contributed by atoms with van der Waals surface area (Å²) >= 11 is 0. The lowest BCUT2D eigenvalue weighted by atomic mass is 10.1. The highest BCUT2D eigenvalue weighted by Gasteiger charge is 2.13. The predicted octanol–water partition coefficient (Wildman–Crippen LogP) is 3.53. The molecule has 0 aliphatic carbocycles. The van der Waals surface area contributed by atoms with Crippen LogP contribution in [0.1, 0.15) is 16.7 Å². The Balaban J connectivity index is 2.15. The van der Waals surface area contributed by atoms with Crippen LogP contribution in [0.15, 0.2) is 36.4 Å². The topological polar surface area (TPSA) is 79.0 Å². The van der Waals surface area contributed by atoms with Gasteiger partial charge in [-0.1, -0.05) is 12.1 Å². The second-order valence-corrected chi connectivity index (χ2v) is 4.54. The van der Waals surface area contributed by atoms with E-state index in [1.165, 1.54) is 6.07 Å². The lowest BCUT2D eigenvalue weighted by molar-refractivity contribution is -0.387. The number of aryl methyl sites for hydroxylation is 1. The maximum Gasteiger partial charge on any atom is 0.304 e. The van der Waals surface area contributed by atoms with Crippen LogP contribution in [0.3, 0.4) is 0 Å². The fourth-order valence-corrected chi connectivity index (χ4v) is 1.89. The maximum absolute atomic E-state index is 13.5. The average molecular weight is 285 g/mol. The quantitative estimate of drug-likeness (QED) is 0.688. The Kier molecular flexibility index (Phi) is 4.14. The molecular weight excluding hydrogens is 273 g/mol. The highest BCUT2D eigenvalue weighted by molar-refractivity contribution is 5.55. The van der Waals surface area contributed by atoms with Crippen molar-refractivity contribution in [3.8, 4) is 6.07 Å².